The van der Waals surface area contributed by atoms with E-state index in [1.165, 1.54) is 6.08 Å². The van der Waals surface area contributed by atoms with Gasteiger partial charge in [-0.2, -0.15) is 5.26 Å². The summed E-state index contributed by atoms with van der Waals surface area (Å²) < 4.78 is 0. The molecule has 1 aromatic rings. The highest BCUT2D eigenvalue weighted by Gasteiger charge is 2.08. The molecule has 0 unspecified atom stereocenters. The van der Waals surface area contributed by atoms with E-state index in [1.54, 1.807) is 18.2 Å². The number of halogens is 1. The Hall–Kier alpha value is -1.93. The van der Waals surface area contributed by atoms with Crippen molar-refractivity contribution in [1.29, 1.82) is 5.26 Å². The number of benzene rings is 1. The zero-order valence-corrected chi connectivity index (χ0v) is 11.7. The van der Waals surface area contributed by atoms with E-state index in [0.717, 1.165) is 17.2 Å². The number of carboxylic acid groups (broad SMARTS) is 1. The van der Waals surface area contributed by atoms with Gasteiger partial charge < -0.3 is 5.11 Å². The highest BCUT2D eigenvalue weighted by atomic mass is 79.9. The number of rotatable bonds is 6. The number of nitrogens with zero attached hydrogens (tertiary/aromatic N) is 1. The Morgan fingerprint density at radius 3 is 2.68 bits per heavy atom. The van der Waals surface area contributed by atoms with Crippen molar-refractivity contribution in [2.45, 2.75) is 12.8 Å². The molecule has 0 atom stereocenters. The van der Waals surface area contributed by atoms with Crippen molar-refractivity contribution >= 4 is 33.8 Å². The molecule has 0 aromatic heterocycles. The lowest BCUT2D eigenvalue weighted by molar-refractivity contribution is -0.131. The van der Waals surface area contributed by atoms with Crippen LogP contribution in [0.25, 0.3) is 6.08 Å². The summed E-state index contributed by atoms with van der Waals surface area (Å²) in [6, 6.07) is 7.27. The number of alkyl halides is 1. The molecule has 5 heteroatoms. The maximum Gasteiger partial charge on any atom is 0.328 e. The summed E-state index contributed by atoms with van der Waals surface area (Å²) in [5.74, 6) is -1.02. The maximum atomic E-state index is 11.5. The van der Waals surface area contributed by atoms with Crippen LogP contribution in [0.15, 0.2) is 24.3 Å². The smallest absolute Gasteiger partial charge is 0.328 e. The van der Waals surface area contributed by atoms with Gasteiger partial charge in [0.1, 0.15) is 5.78 Å². The second-order valence-electron chi connectivity index (χ2n) is 3.88. The highest BCUT2D eigenvalue weighted by molar-refractivity contribution is 9.09. The average Bonchev–Trinajstić information content (AvgIpc) is 2.39. The number of carbonyl (C=O) groups is 2. The lowest BCUT2D eigenvalue weighted by Crippen LogP contribution is -2.06. The summed E-state index contributed by atoms with van der Waals surface area (Å²) in [5.41, 5.74) is 2.25. The lowest BCUT2D eigenvalue weighted by Gasteiger charge is -2.07. The van der Waals surface area contributed by atoms with Gasteiger partial charge in [0, 0.05) is 12.5 Å². The van der Waals surface area contributed by atoms with Crippen LogP contribution in [0.2, 0.25) is 0 Å². The minimum Gasteiger partial charge on any atom is -0.478 e. The van der Waals surface area contributed by atoms with E-state index in [4.69, 9.17) is 10.4 Å². The quantitative estimate of drug-likeness (QED) is 0.644. The number of carbonyl (C=O) groups excluding carboxylic acids is 1. The summed E-state index contributed by atoms with van der Waals surface area (Å²) in [6.07, 6.45) is 2.96. The third kappa shape index (κ3) is 5.06. The number of hydrogen-bond acceptors (Lipinski definition) is 3. The Bertz CT molecular complexity index is 558. The highest BCUT2D eigenvalue weighted by Crippen LogP contribution is 2.15. The standard InChI is InChI=1S/C14H12BrNO3/c15-9-13(17)8-12-7-10(2-4-14(18)19)1-3-11(12)5-6-16/h1-4,7H,5,8-9H2,(H,18,19)/b4-2+. The van der Waals surface area contributed by atoms with Gasteiger partial charge in [-0.3, -0.25) is 4.79 Å². The molecule has 0 saturated heterocycles. The molecule has 19 heavy (non-hydrogen) atoms. The summed E-state index contributed by atoms with van der Waals surface area (Å²) in [4.78, 5) is 21.9. The largest absolute Gasteiger partial charge is 0.478 e. The Morgan fingerprint density at radius 2 is 2.11 bits per heavy atom. The SMILES string of the molecule is N#CCc1ccc(/C=C/C(=O)O)cc1CC(=O)CBr. The van der Waals surface area contributed by atoms with E-state index in [0.29, 0.717) is 5.56 Å². The number of aliphatic carboxylic acids is 1. The number of Topliss-reactive ketones (excluding diaryl/α,β-unsaturated/α-hetero) is 1. The minimum absolute atomic E-state index is 0.0125. The van der Waals surface area contributed by atoms with E-state index in [1.807, 2.05) is 0 Å². The van der Waals surface area contributed by atoms with Gasteiger partial charge in [-0.25, -0.2) is 4.79 Å². The van der Waals surface area contributed by atoms with Gasteiger partial charge in [-0.15, -0.1) is 0 Å². The van der Waals surface area contributed by atoms with Crippen LogP contribution < -0.4 is 0 Å². The third-order valence-electron chi connectivity index (χ3n) is 2.45. The molecule has 0 aliphatic heterocycles. The van der Waals surface area contributed by atoms with Crippen molar-refractivity contribution in [3.8, 4) is 6.07 Å². The van der Waals surface area contributed by atoms with E-state index >= 15 is 0 Å². The van der Waals surface area contributed by atoms with Crippen molar-refractivity contribution in [1.82, 2.24) is 0 Å². The molecular formula is C14H12BrNO3. The van der Waals surface area contributed by atoms with Crippen LogP contribution in [0.1, 0.15) is 16.7 Å². The van der Waals surface area contributed by atoms with Gasteiger partial charge in [0.25, 0.3) is 0 Å². The number of nitriles is 1. The van der Waals surface area contributed by atoms with E-state index in [2.05, 4.69) is 22.0 Å². The van der Waals surface area contributed by atoms with Gasteiger partial charge in [0.2, 0.25) is 0 Å². The van der Waals surface area contributed by atoms with Crippen LogP contribution in [-0.2, 0) is 22.4 Å². The van der Waals surface area contributed by atoms with Gasteiger partial charge in [-0.05, 0) is 22.8 Å². The lowest BCUT2D eigenvalue weighted by atomic mass is 9.98. The van der Waals surface area contributed by atoms with Crippen LogP contribution in [0.5, 0.6) is 0 Å². The zero-order valence-electron chi connectivity index (χ0n) is 10.1. The second kappa shape index (κ2) is 7.49. The molecule has 98 valence electrons. The molecule has 0 bridgehead atoms. The van der Waals surface area contributed by atoms with E-state index in [9.17, 15) is 9.59 Å². The fourth-order valence-corrected chi connectivity index (χ4v) is 1.80. The maximum absolute atomic E-state index is 11.5. The summed E-state index contributed by atoms with van der Waals surface area (Å²) in [6.45, 7) is 0. The number of hydrogen-bond donors (Lipinski definition) is 1. The average molecular weight is 322 g/mol. The number of carboxylic acids is 1. The molecule has 0 aliphatic carbocycles. The summed E-state index contributed by atoms with van der Waals surface area (Å²) in [7, 11) is 0. The molecule has 0 fully saturated rings. The van der Waals surface area contributed by atoms with Crippen molar-refractivity contribution < 1.29 is 14.7 Å². The van der Waals surface area contributed by atoms with Gasteiger partial charge in [0.05, 0.1) is 17.8 Å². The molecule has 0 aliphatic rings. The van der Waals surface area contributed by atoms with Gasteiger partial charge >= 0.3 is 5.97 Å². The van der Waals surface area contributed by atoms with Crippen molar-refractivity contribution in [3.05, 3.63) is 41.0 Å². The topological polar surface area (TPSA) is 78.2 Å². The molecule has 0 radical (unpaired) electrons. The molecule has 0 spiro atoms. The molecule has 1 aromatic carbocycles. The summed E-state index contributed by atoms with van der Waals surface area (Å²) >= 11 is 3.10. The molecule has 1 N–H and O–H groups in total. The molecule has 0 saturated carbocycles. The Labute approximate surface area is 119 Å². The number of ketones is 1. The second-order valence-corrected chi connectivity index (χ2v) is 4.44. The van der Waals surface area contributed by atoms with E-state index in [-0.39, 0.29) is 24.0 Å². The van der Waals surface area contributed by atoms with Crippen molar-refractivity contribution in [2.24, 2.45) is 0 Å². The van der Waals surface area contributed by atoms with Gasteiger partial charge in [-0.1, -0.05) is 34.1 Å². The Kier molecular flexibility index (Phi) is 5.97. The molecule has 1 rings (SSSR count). The molecule has 0 heterocycles. The monoisotopic (exact) mass is 321 g/mol. The molecule has 4 nitrogen and oxygen atoms in total. The van der Waals surface area contributed by atoms with Crippen molar-refractivity contribution in [2.75, 3.05) is 5.33 Å². The third-order valence-corrected chi connectivity index (χ3v) is 3.08. The Balaban J connectivity index is 3.07. The first kappa shape index (κ1) is 15.1. The van der Waals surface area contributed by atoms with Crippen LogP contribution >= 0.6 is 15.9 Å². The minimum atomic E-state index is -1.03. The predicted molar refractivity (Wildman–Crippen MR) is 74.9 cm³/mol. The normalized spacial score (nSPS) is 10.3. The first-order valence-corrected chi connectivity index (χ1v) is 6.66. The van der Waals surface area contributed by atoms with Crippen LogP contribution in [0.4, 0.5) is 0 Å². The first-order chi connectivity index (χ1) is 9.06. The first-order valence-electron chi connectivity index (χ1n) is 5.54. The molecule has 0 amide bonds. The van der Waals surface area contributed by atoms with Crippen molar-refractivity contribution in [3.63, 3.8) is 0 Å². The Morgan fingerprint density at radius 1 is 1.37 bits per heavy atom. The predicted octanol–water partition coefficient (Wildman–Crippen LogP) is 2.36. The van der Waals surface area contributed by atoms with Crippen LogP contribution in [0.3, 0.4) is 0 Å². The molecular weight excluding hydrogens is 310 g/mol. The summed E-state index contributed by atoms with van der Waals surface area (Å²) in [5, 5.41) is 17.6. The zero-order chi connectivity index (χ0) is 14.3. The van der Waals surface area contributed by atoms with Crippen LogP contribution in [-0.4, -0.2) is 22.2 Å². The fraction of sp³-hybridized carbons (Fsp3) is 0.214. The van der Waals surface area contributed by atoms with E-state index < -0.39 is 5.97 Å². The van der Waals surface area contributed by atoms with Crippen LogP contribution in [0, 0.1) is 11.3 Å². The van der Waals surface area contributed by atoms with Gasteiger partial charge in [0.15, 0.2) is 0 Å². The fourth-order valence-electron chi connectivity index (χ4n) is 1.60.